The summed E-state index contributed by atoms with van der Waals surface area (Å²) in [5, 5.41) is 13.8. The Morgan fingerprint density at radius 3 is 2.32 bits per heavy atom. The van der Waals surface area contributed by atoms with Gasteiger partial charge < -0.3 is 5.11 Å². The molecule has 0 unspecified atom stereocenters. The Kier molecular flexibility index (Phi) is 3.45. The predicted molar refractivity (Wildman–Crippen MR) is 84.8 cm³/mol. The lowest BCUT2D eigenvalue weighted by molar-refractivity contribution is 0.468. The third kappa shape index (κ3) is 2.37. The zero-order chi connectivity index (χ0) is 15.9. The molecule has 22 heavy (non-hydrogen) atoms. The molecule has 0 radical (unpaired) electrons. The van der Waals surface area contributed by atoms with Crippen LogP contribution in [0.2, 0.25) is 0 Å². The van der Waals surface area contributed by atoms with Gasteiger partial charge in [0.2, 0.25) is 0 Å². The molecular weight excluding hydrogens is 279 g/mol. The first-order valence-corrected chi connectivity index (χ1v) is 7.09. The normalized spacial score (nSPS) is 10.9. The number of halogens is 1. The van der Waals surface area contributed by atoms with Gasteiger partial charge in [0.25, 0.3) is 0 Å². The highest BCUT2D eigenvalue weighted by Gasteiger charge is 2.16. The van der Waals surface area contributed by atoms with Gasteiger partial charge in [0.1, 0.15) is 11.4 Å². The SMILES string of the molecule is Cc1cc(-c2c(C)cccc2C)n(-c2ccc(O)cc2F)n1. The second-order valence-corrected chi connectivity index (χ2v) is 5.49. The van der Waals surface area contributed by atoms with Crippen molar-refractivity contribution in [3.05, 3.63) is 65.1 Å². The van der Waals surface area contributed by atoms with Gasteiger partial charge in [-0.25, -0.2) is 9.07 Å². The molecular formula is C18H17FN2O. The van der Waals surface area contributed by atoms with Crippen LogP contribution in [0.4, 0.5) is 4.39 Å². The summed E-state index contributed by atoms with van der Waals surface area (Å²) in [7, 11) is 0. The number of aromatic nitrogens is 2. The van der Waals surface area contributed by atoms with Crippen LogP contribution in [0, 0.1) is 26.6 Å². The lowest BCUT2D eigenvalue weighted by Gasteiger charge is -2.13. The summed E-state index contributed by atoms with van der Waals surface area (Å²) in [4.78, 5) is 0. The topological polar surface area (TPSA) is 38.0 Å². The molecule has 3 rings (SSSR count). The number of hydrogen-bond donors (Lipinski definition) is 1. The minimum atomic E-state index is -0.504. The van der Waals surface area contributed by atoms with E-state index >= 15 is 0 Å². The standard InChI is InChI=1S/C18H17FN2O/c1-11-5-4-6-12(2)18(11)17-9-13(3)20-21(17)16-8-7-14(22)10-15(16)19/h4-10,22H,1-3H3. The van der Waals surface area contributed by atoms with Crippen LogP contribution in [0.15, 0.2) is 42.5 Å². The minimum absolute atomic E-state index is 0.0984. The predicted octanol–water partition coefficient (Wildman–Crippen LogP) is 4.31. The maximum Gasteiger partial charge on any atom is 0.152 e. The minimum Gasteiger partial charge on any atom is -0.508 e. The molecule has 4 heteroatoms. The Labute approximate surface area is 128 Å². The number of phenols is 1. The van der Waals surface area contributed by atoms with Crippen molar-refractivity contribution >= 4 is 0 Å². The number of aryl methyl sites for hydroxylation is 3. The van der Waals surface area contributed by atoms with Crippen LogP contribution in [0.5, 0.6) is 5.75 Å². The fourth-order valence-corrected chi connectivity index (χ4v) is 2.75. The Bertz CT molecular complexity index is 832. The second-order valence-electron chi connectivity index (χ2n) is 5.49. The van der Waals surface area contributed by atoms with Crippen molar-refractivity contribution in [1.29, 1.82) is 0 Å². The van der Waals surface area contributed by atoms with E-state index in [1.54, 1.807) is 4.68 Å². The highest BCUT2D eigenvalue weighted by Crippen LogP contribution is 2.31. The van der Waals surface area contributed by atoms with Gasteiger partial charge in [-0.05, 0) is 50.1 Å². The van der Waals surface area contributed by atoms with Crippen molar-refractivity contribution in [3.8, 4) is 22.7 Å². The van der Waals surface area contributed by atoms with E-state index in [0.717, 1.165) is 34.1 Å². The fraction of sp³-hybridized carbons (Fsp3) is 0.167. The lowest BCUT2D eigenvalue weighted by atomic mass is 9.99. The van der Waals surface area contributed by atoms with Gasteiger partial charge >= 0.3 is 0 Å². The molecule has 0 aliphatic heterocycles. The Morgan fingerprint density at radius 1 is 1.00 bits per heavy atom. The van der Waals surface area contributed by atoms with Crippen LogP contribution in [0.1, 0.15) is 16.8 Å². The third-order valence-electron chi connectivity index (χ3n) is 3.73. The number of nitrogens with zero attached hydrogens (tertiary/aromatic N) is 2. The molecule has 0 fully saturated rings. The van der Waals surface area contributed by atoms with Gasteiger partial charge in [0, 0.05) is 11.6 Å². The van der Waals surface area contributed by atoms with E-state index in [0.29, 0.717) is 5.69 Å². The Balaban J connectivity index is 2.27. The average molecular weight is 296 g/mol. The van der Waals surface area contributed by atoms with E-state index in [4.69, 9.17) is 0 Å². The van der Waals surface area contributed by atoms with Crippen molar-refractivity contribution in [2.45, 2.75) is 20.8 Å². The highest BCUT2D eigenvalue weighted by molar-refractivity contribution is 5.70. The van der Waals surface area contributed by atoms with Crippen LogP contribution < -0.4 is 0 Å². The van der Waals surface area contributed by atoms with Crippen molar-refractivity contribution in [1.82, 2.24) is 9.78 Å². The van der Waals surface area contributed by atoms with Gasteiger partial charge in [0.15, 0.2) is 5.82 Å². The molecule has 3 aromatic rings. The average Bonchev–Trinajstić information content (AvgIpc) is 2.80. The maximum atomic E-state index is 14.2. The Morgan fingerprint density at radius 2 is 1.68 bits per heavy atom. The monoisotopic (exact) mass is 296 g/mol. The van der Waals surface area contributed by atoms with Gasteiger partial charge in [-0.1, -0.05) is 18.2 Å². The third-order valence-corrected chi connectivity index (χ3v) is 3.73. The summed E-state index contributed by atoms with van der Waals surface area (Å²) in [6, 6.07) is 12.1. The first-order valence-electron chi connectivity index (χ1n) is 7.09. The fourth-order valence-electron chi connectivity index (χ4n) is 2.75. The molecule has 0 amide bonds. The zero-order valence-electron chi connectivity index (χ0n) is 12.8. The molecule has 1 aromatic heterocycles. The van der Waals surface area contributed by atoms with Crippen molar-refractivity contribution < 1.29 is 9.50 Å². The molecule has 0 spiro atoms. The molecule has 2 aromatic carbocycles. The van der Waals surface area contributed by atoms with Gasteiger partial charge in [-0.15, -0.1) is 0 Å². The molecule has 0 bridgehead atoms. The van der Waals surface area contributed by atoms with Crippen LogP contribution in [0.3, 0.4) is 0 Å². The van der Waals surface area contributed by atoms with Crippen LogP contribution in [-0.2, 0) is 0 Å². The number of benzene rings is 2. The van der Waals surface area contributed by atoms with Gasteiger partial charge in [-0.2, -0.15) is 5.10 Å². The molecule has 0 aliphatic carbocycles. The first-order chi connectivity index (χ1) is 10.5. The first kappa shape index (κ1) is 14.3. The van der Waals surface area contributed by atoms with Crippen LogP contribution >= 0.6 is 0 Å². The van der Waals surface area contributed by atoms with Crippen LogP contribution in [0.25, 0.3) is 16.9 Å². The van der Waals surface area contributed by atoms with E-state index in [-0.39, 0.29) is 5.75 Å². The quantitative estimate of drug-likeness (QED) is 0.765. The van der Waals surface area contributed by atoms with Gasteiger partial charge in [0.05, 0.1) is 11.4 Å². The number of phenolic OH excluding ortho intramolecular Hbond substituents is 1. The Hall–Kier alpha value is -2.62. The van der Waals surface area contributed by atoms with E-state index in [2.05, 4.69) is 5.10 Å². The summed E-state index contributed by atoms with van der Waals surface area (Å²) in [6.07, 6.45) is 0. The lowest BCUT2D eigenvalue weighted by Crippen LogP contribution is -2.03. The molecule has 0 saturated carbocycles. The van der Waals surface area contributed by atoms with E-state index in [1.165, 1.54) is 12.1 Å². The van der Waals surface area contributed by atoms with E-state index < -0.39 is 5.82 Å². The number of hydrogen-bond acceptors (Lipinski definition) is 2. The molecule has 112 valence electrons. The largest absolute Gasteiger partial charge is 0.508 e. The van der Waals surface area contributed by atoms with Crippen LogP contribution in [-0.4, -0.2) is 14.9 Å². The number of rotatable bonds is 2. The maximum absolute atomic E-state index is 14.2. The summed E-state index contributed by atoms with van der Waals surface area (Å²) in [5.74, 6) is -0.602. The molecule has 0 saturated heterocycles. The molecule has 1 N–H and O–H groups in total. The second kappa shape index (κ2) is 5.30. The van der Waals surface area contributed by atoms with E-state index in [1.807, 2.05) is 45.0 Å². The van der Waals surface area contributed by atoms with Gasteiger partial charge in [-0.3, -0.25) is 0 Å². The van der Waals surface area contributed by atoms with Crippen molar-refractivity contribution in [2.24, 2.45) is 0 Å². The van der Waals surface area contributed by atoms with E-state index in [9.17, 15) is 9.50 Å². The molecule has 3 nitrogen and oxygen atoms in total. The summed E-state index contributed by atoms with van der Waals surface area (Å²) >= 11 is 0. The summed E-state index contributed by atoms with van der Waals surface area (Å²) in [6.45, 7) is 5.94. The molecule has 0 aliphatic rings. The zero-order valence-corrected chi connectivity index (χ0v) is 12.8. The van der Waals surface area contributed by atoms with Crippen molar-refractivity contribution in [3.63, 3.8) is 0 Å². The number of aromatic hydroxyl groups is 1. The molecule has 0 atom stereocenters. The summed E-state index contributed by atoms with van der Waals surface area (Å²) in [5.41, 5.74) is 5.25. The molecule has 1 heterocycles. The highest BCUT2D eigenvalue weighted by atomic mass is 19.1. The smallest absolute Gasteiger partial charge is 0.152 e. The summed E-state index contributed by atoms with van der Waals surface area (Å²) < 4.78 is 15.8. The van der Waals surface area contributed by atoms with Crippen molar-refractivity contribution in [2.75, 3.05) is 0 Å².